The fourth-order valence-electron chi connectivity index (χ4n) is 5.74. The number of alkyl halides is 3. The van der Waals surface area contributed by atoms with E-state index in [0.29, 0.717) is 17.6 Å². The second kappa shape index (κ2) is 8.87. The summed E-state index contributed by atoms with van der Waals surface area (Å²) in [6.45, 7) is 8.86. The summed E-state index contributed by atoms with van der Waals surface area (Å²) in [6.07, 6.45) is 0.368. The number of H-pyrrole nitrogens is 1. The molecule has 2 atom stereocenters. The number of ether oxygens (including phenoxy) is 1. The van der Waals surface area contributed by atoms with E-state index >= 15 is 0 Å². The molecule has 0 radical (unpaired) electrons. The quantitative estimate of drug-likeness (QED) is 0.296. The smallest absolute Gasteiger partial charge is 0.406 e. The summed E-state index contributed by atoms with van der Waals surface area (Å²) < 4.78 is 44.0. The van der Waals surface area contributed by atoms with Gasteiger partial charge < -0.3 is 14.6 Å². The number of benzene rings is 2. The van der Waals surface area contributed by atoms with Gasteiger partial charge in [-0.05, 0) is 79.5 Å². The lowest BCUT2D eigenvalue weighted by Gasteiger charge is -2.40. The molecule has 5 rings (SSSR count). The highest BCUT2D eigenvalue weighted by atomic mass is 19.4. The van der Waals surface area contributed by atoms with Crippen molar-refractivity contribution in [3.63, 3.8) is 0 Å². The van der Waals surface area contributed by atoms with Gasteiger partial charge in [0.2, 0.25) is 5.95 Å². The molecule has 0 saturated heterocycles. The maximum atomic E-state index is 12.6. The van der Waals surface area contributed by atoms with Crippen molar-refractivity contribution in [1.29, 1.82) is 0 Å². The van der Waals surface area contributed by atoms with Gasteiger partial charge in [-0.2, -0.15) is 5.10 Å². The van der Waals surface area contributed by atoms with Crippen molar-refractivity contribution < 1.29 is 17.9 Å². The van der Waals surface area contributed by atoms with E-state index in [1.165, 1.54) is 18.6 Å². The molecule has 0 bridgehead atoms. The van der Waals surface area contributed by atoms with Crippen LogP contribution in [-0.2, 0) is 0 Å². The average Bonchev–Trinajstić information content (AvgIpc) is 3.35. The molecule has 1 saturated carbocycles. The fraction of sp³-hybridized carbons (Fsp3) is 0.407. The molecule has 0 spiro atoms. The van der Waals surface area contributed by atoms with Gasteiger partial charge in [0.15, 0.2) is 0 Å². The van der Waals surface area contributed by atoms with E-state index in [9.17, 15) is 13.2 Å². The lowest BCUT2D eigenvalue weighted by Crippen LogP contribution is -2.29. The standard InChI is InChI=1S/C27H30F3N5O/c1-16-11-20(14-26(3,4)13-16)35-24-10-5-18(22-15-31-34-17(22)2)12-23(24)33-25(35)32-19-6-8-21(9-7-19)36-27(28,29)30/h5-10,12,15-16,20H,11,13-14H2,1-4H3,(H,31,34)(H,32,33)/t16-,20+/m1/s1. The summed E-state index contributed by atoms with van der Waals surface area (Å²) >= 11 is 0. The summed E-state index contributed by atoms with van der Waals surface area (Å²) in [5.41, 5.74) is 5.66. The minimum Gasteiger partial charge on any atom is -0.406 e. The largest absolute Gasteiger partial charge is 0.573 e. The Hall–Kier alpha value is -3.49. The van der Waals surface area contributed by atoms with Crippen molar-refractivity contribution in [3.8, 4) is 16.9 Å². The van der Waals surface area contributed by atoms with Gasteiger partial charge in [0, 0.05) is 23.5 Å². The zero-order chi connectivity index (χ0) is 25.7. The Morgan fingerprint density at radius 1 is 1.11 bits per heavy atom. The Bertz CT molecular complexity index is 1370. The average molecular weight is 498 g/mol. The van der Waals surface area contributed by atoms with Gasteiger partial charge in [0.1, 0.15) is 5.75 Å². The summed E-state index contributed by atoms with van der Waals surface area (Å²) in [7, 11) is 0. The lowest BCUT2D eigenvalue weighted by molar-refractivity contribution is -0.274. The first-order valence-electron chi connectivity index (χ1n) is 12.1. The fourth-order valence-corrected chi connectivity index (χ4v) is 5.74. The van der Waals surface area contributed by atoms with Crippen LogP contribution in [0, 0.1) is 18.3 Å². The van der Waals surface area contributed by atoms with Crippen LogP contribution < -0.4 is 10.1 Å². The Morgan fingerprint density at radius 2 is 1.86 bits per heavy atom. The number of nitrogens with one attached hydrogen (secondary N) is 2. The molecule has 9 heteroatoms. The highest BCUT2D eigenvalue weighted by Crippen LogP contribution is 2.46. The van der Waals surface area contributed by atoms with Crippen molar-refractivity contribution in [1.82, 2.24) is 19.7 Å². The molecule has 0 aliphatic heterocycles. The van der Waals surface area contributed by atoms with Crippen LogP contribution in [0.5, 0.6) is 5.75 Å². The van der Waals surface area contributed by atoms with Crippen LogP contribution in [0.3, 0.4) is 0 Å². The van der Waals surface area contributed by atoms with Gasteiger partial charge in [-0.1, -0.05) is 26.8 Å². The van der Waals surface area contributed by atoms with Gasteiger partial charge in [-0.3, -0.25) is 5.10 Å². The third-order valence-corrected chi connectivity index (χ3v) is 6.90. The Kier molecular flexibility index (Phi) is 5.97. The monoisotopic (exact) mass is 497 g/mol. The van der Waals surface area contributed by atoms with Gasteiger partial charge in [-0.15, -0.1) is 13.2 Å². The number of rotatable bonds is 5. The number of anilines is 2. The molecule has 6 nitrogen and oxygen atoms in total. The first kappa shape index (κ1) is 24.2. The van der Waals surface area contributed by atoms with Gasteiger partial charge in [-0.25, -0.2) is 4.98 Å². The number of nitrogens with zero attached hydrogens (tertiary/aromatic N) is 3. The van der Waals surface area contributed by atoms with Crippen LogP contribution in [0.15, 0.2) is 48.7 Å². The third kappa shape index (κ3) is 5.05. The molecule has 1 aliphatic carbocycles. The van der Waals surface area contributed by atoms with Crippen molar-refractivity contribution in [3.05, 3.63) is 54.4 Å². The topological polar surface area (TPSA) is 67.8 Å². The molecular formula is C27H30F3N5O. The maximum Gasteiger partial charge on any atom is 0.573 e. The summed E-state index contributed by atoms with van der Waals surface area (Å²) in [5.74, 6) is 0.977. The highest BCUT2D eigenvalue weighted by molar-refractivity contribution is 5.85. The van der Waals surface area contributed by atoms with Crippen molar-refractivity contribution in [2.45, 2.75) is 59.4 Å². The van der Waals surface area contributed by atoms with Crippen LogP contribution >= 0.6 is 0 Å². The zero-order valence-electron chi connectivity index (χ0n) is 20.8. The minimum absolute atomic E-state index is 0.195. The number of aryl methyl sites for hydroxylation is 1. The Morgan fingerprint density at radius 3 is 2.50 bits per heavy atom. The summed E-state index contributed by atoms with van der Waals surface area (Å²) in [4.78, 5) is 4.95. The molecule has 4 aromatic rings. The molecule has 2 aromatic carbocycles. The molecular weight excluding hydrogens is 467 g/mol. The number of aromatic amines is 1. The first-order chi connectivity index (χ1) is 17.0. The summed E-state index contributed by atoms with van der Waals surface area (Å²) in [6, 6.07) is 12.2. The number of aromatic nitrogens is 4. The second-order valence-corrected chi connectivity index (χ2v) is 10.7. The molecule has 0 unspecified atom stereocenters. The number of fused-ring (bicyclic) bond motifs is 1. The van der Waals surface area contributed by atoms with Crippen LogP contribution in [0.2, 0.25) is 0 Å². The molecule has 2 aromatic heterocycles. The van der Waals surface area contributed by atoms with E-state index in [-0.39, 0.29) is 17.2 Å². The van der Waals surface area contributed by atoms with E-state index < -0.39 is 6.36 Å². The van der Waals surface area contributed by atoms with Crippen molar-refractivity contribution >= 4 is 22.7 Å². The molecule has 2 heterocycles. The number of hydrogen-bond donors (Lipinski definition) is 2. The first-order valence-corrected chi connectivity index (χ1v) is 12.1. The normalized spacial score (nSPS) is 20.0. The molecule has 1 aliphatic rings. The molecule has 36 heavy (non-hydrogen) atoms. The minimum atomic E-state index is -4.72. The molecule has 0 amide bonds. The van der Waals surface area contributed by atoms with Crippen LogP contribution in [-0.4, -0.2) is 26.1 Å². The van der Waals surface area contributed by atoms with E-state index in [1.807, 2.05) is 13.1 Å². The second-order valence-electron chi connectivity index (χ2n) is 10.7. The van der Waals surface area contributed by atoms with E-state index in [4.69, 9.17) is 4.98 Å². The van der Waals surface area contributed by atoms with Gasteiger partial charge in [0.25, 0.3) is 0 Å². The number of imidazole rings is 1. The zero-order valence-corrected chi connectivity index (χ0v) is 20.8. The van der Waals surface area contributed by atoms with E-state index in [0.717, 1.165) is 40.7 Å². The molecule has 2 N–H and O–H groups in total. The molecule has 1 fully saturated rings. The van der Waals surface area contributed by atoms with Crippen LogP contribution in [0.25, 0.3) is 22.2 Å². The van der Waals surface area contributed by atoms with E-state index in [1.54, 1.807) is 12.1 Å². The Balaban J connectivity index is 1.55. The van der Waals surface area contributed by atoms with Gasteiger partial charge in [0.05, 0.1) is 16.7 Å². The third-order valence-electron chi connectivity index (χ3n) is 6.90. The van der Waals surface area contributed by atoms with Crippen LogP contribution in [0.4, 0.5) is 24.8 Å². The Labute approximate surface area is 207 Å². The number of hydrogen-bond acceptors (Lipinski definition) is 4. The predicted octanol–water partition coefficient (Wildman–Crippen LogP) is 7.76. The number of halogens is 3. The lowest BCUT2D eigenvalue weighted by atomic mass is 9.70. The predicted molar refractivity (Wildman–Crippen MR) is 134 cm³/mol. The van der Waals surface area contributed by atoms with Crippen LogP contribution in [0.1, 0.15) is 51.8 Å². The highest BCUT2D eigenvalue weighted by Gasteiger charge is 2.35. The van der Waals surface area contributed by atoms with Crippen molar-refractivity contribution in [2.75, 3.05) is 5.32 Å². The van der Waals surface area contributed by atoms with Crippen molar-refractivity contribution in [2.24, 2.45) is 11.3 Å². The van der Waals surface area contributed by atoms with E-state index in [2.05, 4.69) is 63.8 Å². The maximum absolute atomic E-state index is 12.6. The summed E-state index contributed by atoms with van der Waals surface area (Å²) in [5, 5.41) is 10.5. The molecule has 190 valence electrons. The van der Waals surface area contributed by atoms with Gasteiger partial charge >= 0.3 is 6.36 Å². The SMILES string of the molecule is Cc1n[nH]cc1-c1ccc2c(c1)nc(Nc1ccc(OC(F)(F)F)cc1)n2[C@H]1C[C@@H](C)CC(C)(C)C1.